The summed E-state index contributed by atoms with van der Waals surface area (Å²) >= 11 is 0. The van der Waals surface area contributed by atoms with Crippen LogP contribution in [0.4, 0.5) is 13.2 Å². The molecular weight excluding hydrogens is 437 g/mol. The molecule has 2 fully saturated rings. The van der Waals surface area contributed by atoms with E-state index in [0.717, 1.165) is 12.8 Å². The third kappa shape index (κ3) is 5.20. The fourth-order valence-corrected chi connectivity index (χ4v) is 5.03. The lowest BCUT2D eigenvalue weighted by Crippen LogP contribution is -2.42. The Morgan fingerprint density at radius 1 is 1.09 bits per heavy atom. The molecule has 0 bridgehead atoms. The van der Waals surface area contributed by atoms with E-state index in [0.29, 0.717) is 43.6 Å². The number of nitrogens with zero attached hydrogens (tertiary/aromatic N) is 4. The van der Waals surface area contributed by atoms with Crippen molar-refractivity contribution in [3.8, 4) is 5.69 Å². The molecular formula is C23H27F3N4O3. The number of amides is 1. The molecule has 1 saturated carbocycles. The predicted octanol–water partition coefficient (Wildman–Crippen LogP) is 4.26. The van der Waals surface area contributed by atoms with Gasteiger partial charge in [-0.2, -0.15) is 13.2 Å². The second-order valence-electron chi connectivity index (χ2n) is 8.93. The molecule has 1 unspecified atom stereocenters. The molecule has 10 heteroatoms. The van der Waals surface area contributed by atoms with Gasteiger partial charge in [0.2, 0.25) is 5.91 Å². The van der Waals surface area contributed by atoms with Crippen LogP contribution < -0.4 is 0 Å². The van der Waals surface area contributed by atoms with Crippen LogP contribution in [0.5, 0.6) is 0 Å². The van der Waals surface area contributed by atoms with Gasteiger partial charge in [0.05, 0.1) is 29.1 Å². The van der Waals surface area contributed by atoms with Crippen LogP contribution in [0.1, 0.15) is 61.0 Å². The van der Waals surface area contributed by atoms with E-state index in [9.17, 15) is 27.9 Å². The second kappa shape index (κ2) is 9.52. The monoisotopic (exact) mass is 464 g/mol. The van der Waals surface area contributed by atoms with Gasteiger partial charge in [0.1, 0.15) is 0 Å². The zero-order valence-electron chi connectivity index (χ0n) is 18.2. The summed E-state index contributed by atoms with van der Waals surface area (Å²) in [5, 5.41) is 17.6. The van der Waals surface area contributed by atoms with E-state index in [1.54, 1.807) is 24.4 Å². The minimum atomic E-state index is -4.17. The van der Waals surface area contributed by atoms with E-state index < -0.39 is 18.1 Å². The van der Waals surface area contributed by atoms with Crippen LogP contribution in [0.25, 0.3) is 5.69 Å². The first-order chi connectivity index (χ1) is 15.7. The Morgan fingerprint density at radius 2 is 1.82 bits per heavy atom. The predicted molar refractivity (Wildman–Crippen MR) is 113 cm³/mol. The van der Waals surface area contributed by atoms with E-state index in [1.165, 1.54) is 10.7 Å². The standard InChI is InChI=1S/C23H27F3N4O3/c24-23(25,26)16-9-7-15(8-10-16)21(31)29-13-3-4-18(29)12-11-17-14-30(28-27-17)20-6-2-1-5-19(20)22(32)33/h1-2,5-6,14-16,18H,3-4,7-13H2,(H,32,33). The Hall–Kier alpha value is -2.91. The number of aromatic nitrogens is 3. The lowest BCUT2D eigenvalue weighted by atomic mass is 9.81. The first-order valence-electron chi connectivity index (χ1n) is 11.3. The van der Waals surface area contributed by atoms with Crippen LogP contribution in [-0.4, -0.2) is 55.6 Å². The van der Waals surface area contributed by atoms with Gasteiger partial charge in [0.15, 0.2) is 0 Å². The molecule has 2 aromatic rings. The molecule has 1 amide bonds. The Balaban J connectivity index is 1.35. The minimum Gasteiger partial charge on any atom is -0.478 e. The molecule has 0 radical (unpaired) electrons. The number of carboxylic acids is 1. The van der Waals surface area contributed by atoms with Crippen molar-refractivity contribution in [2.45, 2.75) is 63.6 Å². The number of hydrogen-bond donors (Lipinski definition) is 1. The van der Waals surface area contributed by atoms with Crippen LogP contribution in [0.15, 0.2) is 30.5 Å². The number of carboxylic acid groups (broad SMARTS) is 1. The number of benzene rings is 1. The normalized spacial score (nSPS) is 23.6. The number of alkyl halides is 3. The SMILES string of the molecule is O=C(O)c1ccccc1-n1cc(CCC2CCCN2C(=O)C2CCC(C(F)(F)F)CC2)nn1. The number of halogens is 3. The molecule has 0 spiro atoms. The van der Waals surface area contributed by atoms with Crippen LogP contribution >= 0.6 is 0 Å². The summed E-state index contributed by atoms with van der Waals surface area (Å²) in [5.41, 5.74) is 1.25. The molecule has 1 atom stereocenters. The Kier molecular flexibility index (Phi) is 6.71. The Labute approximate surface area is 189 Å². The van der Waals surface area contributed by atoms with Gasteiger partial charge in [0.25, 0.3) is 0 Å². The van der Waals surface area contributed by atoms with E-state index in [1.807, 2.05) is 4.90 Å². The molecule has 2 heterocycles. The first kappa shape index (κ1) is 23.3. The van der Waals surface area contributed by atoms with Gasteiger partial charge in [-0.15, -0.1) is 5.10 Å². The topological polar surface area (TPSA) is 88.3 Å². The lowest BCUT2D eigenvalue weighted by molar-refractivity contribution is -0.185. The smallest absolute Gasteiger partial charge is 0.391 e. The summed E-state index contributed by atoms with van der Waals surface area (Å²) in [6.07, 6.45) is 1.17. The Bertz CT molecular complexity index is 999. The van der Waals surface area contributed by atoms with Gasteiger partial charge in [0, 0.05) is 18.5 Å². The maximum Gasteiger partial charge on any atom is 0.391 e. The summed E-state index contributed by atoms with van der Waals surface area (Å²) in [5.74, 6) is -2.67. The van der Waals surface area contributed by atoms with Crippen molar-refractivity contribution in [2.24, 2.45) is 11.8 Å². The van der Waals surface area contributed by atoms with E-state index in [-0.39, 0.29) is 36.3 Å². The quantitative estimate of drug-likeness (QED) is 0.690. The molecule has 1 aliphatic carbocycles. The van der Waals surface area contributed by atoms with Crippen molar-refractivity contribution in [1.29, 1.82) is 0 Å². The molecule has 178 valence electrons. The highest BCUT2D eigenvalue weighted by atomic mass is 19.4. The molecule has 1 aliphatic heterocycles. The van der Waals surface area contributed by atoms with E-state index in [4.69, 9.17) is 0 Å². The fraction of sp³-hybridized carbons (Fsp3) is 0.565. The average Bonchev–Trinajstić information content (AvgIpc) is 3.46. The van der Waals surface area contributed by atoms with Crippen LogP contribution in [-0.2, 0) is 11.2 Å². The second-order valence-corrected chi connectivity index (χ2v) is 8.93. The van der Waals surface area contributed by atoms with Crippen molar-refractivity contribution >= 4 is 11.9 Å². The number of aryl methyl sites for hydroxylation is 1. The van der Waals surface area contributed by atoms with E-state index in [2.05, 4.69) is 10.3 Å². The molecule has 1 aromatic heterocycles. The van der Waals surface area contributed by atoms with E-state index >= 15 is 0 Å². The summed E-state index contributed by atoms with van der Waals surface area (Å²) in [6, 6.07) is 6.57. The largest absolute Gasteiger partial charge is 0.478 e. The maximum absolute atomic E-state index is 13.0. The number of aromatic carboxylic acids is 1. The van der Waals surface area contributed by atoms with Crippen molar-refractivity contribution in [3.05, 3.63) is 41.7 Å². The Morgan fingerprint density at radius 3 is 2.52 bits per heavy atom. The summed E-state index contributed by atoms with van der Waals surface area (Å²) in [4.78, 5) is 26.3. The number of carbonyl (C=O) groups is 2. The highest BCUT2D eigenvalue weighted by Crippen LogP contribution is 2.40. The lowest BCUT2D eigenvalue weighted by Gasteiger charge is -2.33. The van der Waals surface area contributed by atoms with Gasteiger partial charge in [-0.25, -0.2) is 9.48 Å². The van der Waals surface area contributed by atoms with Crippen LogP contribution in [0, 0.1) is 11.8 Å². The molecule has 1 N–H and O–H groups in total. The number of para-hydroxylation sites is 1. The van der Waals surface area contributed by atoms with Crippen molar-refractivity contribution < 1.29 is 27.9 Å². The highest BCUT2D eigenvalue weighted by molar-refractivity contribution is 5.91. The average molecular weight is 464 g/mol. The third-order valence-corrected chi connectivity index (χ3v) is 6.86. The molecule has 1 saturated heterocycles. The maximum atomic E-state index is 13.0. The minimum absolute atomic E-state index is 0.0165. The molecule has 7 nitrogen and oxygen atoms in total. The van der Waals surface area contributed by atoms with Gasteiger partial charge < -0.3 is 10.0 Å². The number of hydrogen-bond acceptors (Lipinski definition) is 4. The zero-order valence-corrected chi connectivity index (χ0v) is 18.2. The summed E-state index contributed by atoms with van der Waals surface area (Å²) in [7, 11) is 0. The first-order valence-corrected chi connectivity index (χ1v) is 11.3. The van der Waals surface area contributed by atoms with Gasteiger partial charge in [-0.05, 0) is 63.5 Å². The van der Waals surface area contributed by atoms with Gasteiger partial charge in [-0.1, -0.05) is 17.3 Å². The summed E-state index contributed by atoms with van der Waals surface area (Å²) in [6.45, 7) is 0.640. The fourth-order valence-electron chi connectivity index (χ4n) is 5.03. The van der Waals surface area contributed by atoms with Crippen molar-refractivity contribution in [1.82, 2.24) is 19.9 Å². The van der Waals surface area contributed by atoms with Crippen LogP contribution in [0.3, 0.4) is 0 Å². The number of likely N-dealkylation sites (tertiary alicyclic amines) is 1. The highest BCUT2D eigenvalue weighted by Gasteiger charge is 2.43. The van der Waals surface area contributed by atoms with Crippen molar-refractivity contribution in [3.63, 3.8) is 0 Å². The van der Waals surface area contributed by atoms with Crippen molar-refractivity contribution in [2.75, 3.05) is 6.54 Å². The summed E-state index contributed by atoms with van der Waals surface area (Å²) < 4.78 is 40.2. The molecule has 4 rings (SSSR count). The van der Waals surface area contributed by atoms with Gasteiger partial charge >= 0.3 is 12.1 Å². The molecule has 2 aliphatic rings. The number of carbonyl (C=O) groups excluding carboxylic acids is 1. The zero-order chi connectivity index (χ0) is 23.6. The van der Waals surface area contributed by atoms with Crippen LogP contribution in [0.2, 0.25) is 0 Å². The molecule has 1 aromatic carbocycles. The third-order valence-electron chi connectivity index (χ3n) is 6.86. The number of rotatable bonds is 6. The van der Waals surface area contributed by atoms with Gasteiger partial charge in [-0.3, -0.25) is 4.79 Å². The molecule has 33 heavy (non-hydrogen) atoms.